The SMILES string of the molecule is Cc1ccn2cc(C(=O)N(CC(=O)O)C3CC3)nc2c1. The number of aromatic nitrogens is 2. The van der Waals surface area contributed by atoms with Crippen LogP contribution in [-0.2, 0) is 4.79 Å². The average Bonchev–Trinajstić information content (AvgIpc) is 3.14. The van der Waals surface area contributed by atoms with Gasteiger partial charge in [0, 0.05) is 18.4 Å². The molecule has 0 aliphatic heterocycles. The molecule has 20 heavy (non-hydrogen) atoms. The maximum atomic E-state index is 12.4. The van der Waals surface area contributed by atoms with Crippen molar-refractivity contribution in [1.82, 2.24) is 14.3 Å². The van der Waals surface area contributed by atoms with Crippen molar-refractivity contribution in [2.45, 2.75) is 25.8 Å². The Morgan fingerprint density at radius 2 is 2.25 bits per heavy atom. The molecule has 6 nitrogen and oxygen atoms in total. The van der Waals surface area contributed by atoms with Gasteiger partial charge in [-0.2, -0.15) is 0 Å². The number of nitrogens with zero attached hydrogens (tertiary/aromatic N) is 3. The van der Waals surface area contributed by atoms with Crippen molar-refractivity contribution in [2.24, 2.45) is 0 Å². The van der Waals surface area contributed by atoms with Crippen molar-refractivity contribution in [3.8, 4) is 0 Å². The smallest absolute Gasteiger partial charge is 0.323 e. The maximum Gasteiger partial charge on any atom is 0.323 e. The van der Waals surface area contributed by atoms with Gasteiger partial charge in [-0.25, -0.2) is 4.98 Å². The third-order valence-electron chi connectivity index (χ3n) is 3.39. The molecular weight excluding hydrogens is 258 g/mol. The standard InChI is InChI=1S/C14H15N3O3/c1-9-4-5-16-7-11(15-12(16)6-9)14(20)17(8-13(18)19)10-2-3-10/h4-7,10H,2-3,8H2,1H3,(H,18,19). The molecule has 1 N–H and O–H groups in total. The Labute approximate surface area is 115 Å². The van der Waals surface area contributed by atoms with Crippen molar-refractivity contribution in [3.05, 3.63) is 35.8 Å². The highest BCUT2D eigenvalue weighted by Crippen LogP contribution is 2.28. The van der Waals surface area contributed by atoms with Crippen LogP contribution in [0, 0.1) is 6.92 Å². The Morgan fingerprint density at radius 1 is 1.50 bits per heavy atom. The maximum absolute atomic E-state index is 12.4. The summed E-state index contributed by atoms with van der Waals surface area (Å²) in [5, 5.41) is 8.91. The highest BCUT2D eigenvalue weighted by atomic mass is 16.4. The number of hydrogen-bond donors (Lipinski definition) is 1. The van der Waals surface area contributed by atoms with Crippen LogP contribution in [0.4, 0.5) is 0 Å². The summed E-state index contributed by atoms with van der Waals surface area (Å²) < 4.78 is 1.77. The monoisotopic (exact) mass is 273 g/mol. The predicted octanol–water partition coefficient (Wildman–Crippen LogP) is 1.33. The van der Waals surface area contributed by atoms with Crippen LogP contribution in [0.2, 0.25) is 0 Å². The first-order chi connectivity index (χ1) is 9.54. The van der Waals surface area contributed by atoms with Gasteiger partial charge in [0.25, 0.3) is 5.91 Å². The molecule has 0 atom stereocenters. The van der Waals surface area contributed by atoms with Gasteiger partial charge in [0.1, 0.15) is 17.9 Å². The Hall–Kier alpha value is -2.37. The lowest BCUT2D eigenvalue weighted by Crippen LogP contribution is -2.37. The summed E-state index contributed by atoms with van der Waals surface area (Å²) in [4.78, 5) is 29.0. The number of pyridine rings is 1. The van der Waals surface area contributed by atoms with E-state index < -0.39 is 5.97 Å². The summed E-state index contributed by atoms with van der Waals surface area (Å²) in [6.07, 6.45) is 5.22. The van der Waals surface area contributed by atoms with E-state index in [4.69, 9.17) is 5.11 Å². The molecule has 2 aromatic heterocycles. The second-order valence-corrected chi connectivity index (χ2v) is 5.15. The third-order valence-corrected chi connectivity index (χ3v) is 3.39. The Morgan fingerprint density at radius 3 is 2.90 bits per heavy atom. The molecule has 1 aliphatic carbocycles. The Bertz CT molecular complexity index is 688. The highest BCUT2D eigenvalue weighted by Gasteiger charge is 2.35. The largest absolute Gasteiger partial charge is 0.480 e. The average molecular weight is 273 g/mol. The van der Waals surface area contributed by atoms with Crippen LogP contribution in [-0.4, -0.2) is 43.9 Å². The first kappa shape index (κ1) is 12.7. The zero-order chi connectivity index (χ0) is 14.3. The van der Waals surface area contributed by atoms with Gasteiger partial charge in [0.2, 0.25) is 0 Å². The van der Waals surface area contributed by atoms with Crippen molar-refractivity contribution in [2.75, 3.05) is 6.54 Å². The number of rotatable bonds is 4. The number of carbonyl (C=O) groups excluding carboxylic acids is 1. The number of hydrogen-bond acceptors (Lipinski definition) is 3. The number of carboxylic acid groups (broad SMARTS) is 1. The van der Waals surface area contributed by atoms with E-state index in [0.717, 1.165) is 18.4 Å². The molecule has 104 valence electrons. The van der Waals surface area contributed by atoms with E-state index in [0.29, 0.717) is 11.3 Å². The molecule has 0 saturated heterocycles. The van der Waals surface area contributed by atoms with E-state index in [9.17, 15) is 9.59 Å². The molecular formula is C14H15N3O3. The van der Waals surface area contributed by atoms with Gasteiger partial charge in [0.05, 0.1) is 0 Å². The summed E-state index contributed by atoms with van der Waals surface area (Å²) in [7, 11) is 0. The fourth-order valence-electron chi connectivity index (χ4n) is 2.23. The lowest BCUT2D eigenvalue weighted by atomic mass is 10.3. The van der Waals surface area contributed by atoms with Crippen LogP contribution in [0.25, 0.3) is 5.65 Å². The van der Waals surface area contributed by atoms with E-state index in [1.54, 1.807) is 10.6 Å². The first-order valence-electron chi connectivity index (χ1n) is 6.53. The summed E-state index contributed by atoms with van der Waals surface area (Å²) >= 11 is 0. The summed E-state index contributed by atoms with van der Waals surface area (Å²) in [6.45, 7) is 1.69. The summed E-state index contributed by atoms with van der Waals surface area (Å²) in [6, 6.07) is 3.86. The zero-order valence-electron chi connectivity index (χ0n) is 11.1. The topological polar surface area (TPSA) is 74.9 Å². The zero-order valence-corrected chi connectivity index (χ0v) is 11.1. The molecule has 0 bridgehead atoms. The van der Waals surface area contributed by atoms with Crippen LogP contribution in [0.3, 0.4) is 0 Å². The fraction of sp³-hybridized carbons (Fsp3) is 0.357. The number of carboxylic acids is 1. The molecule has 1 amide bonds. The summed E-state index contributed by atoms with van der Waals surface area (Å²) in [5.41, 5.74) is 2.05. The summed E-state index contributed by atoms with van der Waals surface area (Å²) in [5.74, 6) is -1.30. The van der Waals surface area contributed by atoms with E-state index in [1.807, 2.05) is 25.3 Å². The molecule has 0 spiro atoms. The predicted molar refractivity (Wildman–Crippen MR) is 71.6 cm³/mol. The Kier molecular flexibility index (Phi) is 2.93. The minimum absolute atomic E-state index is 0.0464. The van der Waals surface area contributed by atoms with Gasteiger partial charge < -0.3 is 14.4 Å². The quantitative estimate of drug-likeness (QED) is 0.912. The lowest BCUT2D eigenvalue weighted by Gasteiger charge is -2.18. The van der Waals surface area contributed by atoms with Crippen LogP contribution in [0.15, 0.2) is 24.5 Å². The minimum Gasteiger partial charge on any atom is -0.480 e. The van der Waals surface area contributed by atoms with Gasteiger partial charge in [-0.15, -0.1) is 0 Å². The molecule has 0 unspecified atom stereocenters. The number of fused-ring (bicyclic) bond motifs is 1. The van der Waals surface area contributed by atoms with Crippen molar-refractivity contribution in [3.63, 3.8) is 0 Å². The van der Waals surface area contributed by atoms with Crippen LogP contribution in [0.5, 0.6) is 0 Å². The molecule has 2 heterocycles. The van der Waals surface area contributed by atoms with Gasteiger partial charge in [-0.1, -0.05) is 0 Å². The molecule has 1 saturated carbocycles. The van der Waals surface area contributed by atoms with Gasteiger partial charge in [-0.3, -0.25) is 9.59 Å². The van der Waals surface area contributed by atoms with Gasteiger partial charge >= 0.3 is 5.97 Å². The number of aryl methyl sites for hydroxylation is 1. The fourth-order valence-corrected chi connectivity index (χ4v) is 2.23. The minimum atomic E-state index is -0.996. The molecule has 6 heteroatoms. The molecule has 0 radical (unpaired) electrons. The van der Waals surface area contributed by atoms with Gasteiger partial charge in [-0.05, 0) is 37.5 Å². The van der Waals surface area contributed by atoms with E-state index in [2.05, 4.69) is 4.98 Å². The van der Waals surface area contributed by atoms with Gasteiger partial charge in [0.15, 0.2) is 0 Å². The van der Waals surface area contributed by atoms with Crippen LogP contribution >= 0.6 is 0 Å². The van der Waals surface area contributed by atoms with E-state index in [1.165, 1.54) is 4.90 Å². The van der Waals surface area contributed by atoms with Crippen LogP contribution < -0.4 is 0 Å². The number of aliphatic carboxylic acids is 1. The lowest BCUT2D eigenvalue weighted by molar-refractivity contribution is -0.137. The van der Waals surface area contributed by atoms with Crippen LogP contribution in [0.1, 0.15) is 28.9 Å². The number of amides is 1. The Balaban J connectivity index is 1.92. The molecule has 2 aromatic rings. The molecule has 1 fully saturated rings. The normalized spacial score (nSPS) is 14.4. The van der Waals surface area contributed by atoms with Crippen molar-refractivity contribution < 1.29 is 14.7 Å². The number of imidazole rings is 1. The highest BCUT2D eigenvalue weighted by molar-refractivity contribution is 5.95. The number of carbonyl (C=O) groups is 2. The molecule has 3 rings (SSSR count). The second-order valence-electron chi connectivity index (χ2n) is 5.15. The third kappa shape index (κ3) is 2.36. The van der Waals surface area contributed by atoms with E-state index >= 15 is 0 Å². The second kappa shape index (κ2) is 4.63. The van der Waals surface area contributed by atoms with E-state index in [-0.39, 0.29) is 18.5 Å². The van der Waals surface area contributed by atoms with Crippen molar-refractivity contribution in [1.29, 1.82) is 0 Å². The van der Waals surface area contributed by atoms with Crippen molar-refractivity contribution >= 4 is 17.5 Å². The molecule has 1 aliphatic rings. The first-order valence-corrected chi connectivity index (χ1v) is 6.53. The molecule has 0 aromatic carbocycles.